The van der Waals surface area contributed by atoms with Crippen molar-refractivity contribution >= 4 is 22.9 Å². The van der Waals surface area contributed by atoms with Gasteiger partial charge in [0.25, 0.3) is 0 Å². The van der Waals surface area contributed by atoms with Gasteiger partial charge >= 0.3 is 0 Å². The van der Waals surface area contributed by atoms with Gasteiger partial charge in [0.05, 0.1) is 16.6 Å². The Labute approximate surface area is 156 Å². The lowest BCUT2D eigenvalue weighted by molar-refractivity contribution is -0.133. The fraction of sp³-hybridized carbons (Fsp3) is 0.444. The highest BCUT2D eigenvalue weighted by atomic mass is 32.1. The van der Waals surface area contributed by atoms with Crippen molar-refractivity contribution in [2.24, 2.45) is 0 Å². The number of likely N-dealkylation sites (tertiary alicyclic amines) is 1. The first-order chi connectivity index (χ1) is 12.7. The van der Waals surface area contributed by atoms with Crippen molar-refractivity contribution < 1.29 is 4.79 Å². The Morgan fingerprint density at radius 1 is 1.23 bits per heavy atom. The molecule has 1 fully saturated rings. The second-order valence-electron chi connectivity index (χ2n) is 6.58. The van der Waals surface area contributed by atoms with Gasteiger partial charge in [-0.1, -0.05) is 6.07 Å². The van der Waals surface area contributed by atoms with E-state index in [0.29, 0.717) is 6.54 Å². The molecule has 0 bridgehead atoms. The molecule has 0 saturated carbocycles. The summed E-state index contributed by atoms with van der Waals surface area (Å²) in [6, 6.07) is 7.61. The molecule has 3 aromatic heterocycles. The number of rotatable bonds is 5. The third-order valence-electron chi connectivity index (χ3n) is 4.69. The molecule has 1 atom stereocenters. The van der Waals surface area contributed by atoms with Crippen LogP contribution in [0, 0.1) is 0 Å². The largest absolute Gasteiger partial charge is 0.341 e. The molecule has 0 unspecified atom stereocenters. The van der Waals surface area contributed by atoms with E-state index in [1.165, 1.54) is 6.42 Å². The molecule has 1 N–H and O–H groups in total. The standard InChI is InChI=1S/C18H22N6OS/c1-13(18(25)23-9-3-2-4-10-23)19-12-14-7-8-16-20-21-17(24(16)22-14)15-6-5-11-26-15/h5-8,11,13,19H,2-4,9-10,12H2,1H3/t13-/m1/s1. The Bertz CT molecular complexity index is 884. The number of carbonyl (C=O) groups excluding carboxylic acids is 1. The molecule has 7 nitrogen and oxygen atoms in total. The second kappa shape index (κ2) is 7.51. The normalized spacial score (nSPS) is 16.1. The summed E-state index contributed by atoms with van der Waals surface area (Å²) in [6.07, 6.45) is 3.44. The first-order valence-electron chi connectivity index (χ1n) is 9.00. The Kier molecular flexibility index (Phi) is 4.94. The minimum atomic E-state index is -0.219. The van der Waals surface area contributed by atoms with Gasteiger partial charge in [-0.05, 0) is 49.8 Å². The van der Waals surface area contributed by atoms with E-state index in [1.54, 1.807) is 15.9 Å². The Morgan fingerprint density at radius 3 is 2.85 bits per heavy atom. The average molecular weight is 370 g/mol. The minimum Gasteiger partial charge on any atom is -0.341 e. The van der Waals surface area contributed by atoms with Gasteiger partial charge in [0.1, 0.15) is 0 Å². The molecule has 1 aliphatic heterocycles. The highest BCUT2D eigenvalue weighted by Gasteiger charge is 2.21. The molecule has 0 aromatic carbocycles. The van der Waals surface area contributed by atoms with Crippen molar-refractivity contribution in [3.63, 3.8) is 0 Å². The molecular weight excluding hydrogens is 348 g/mol. The summed E-state index contributed by atoms with van der Waals surface area (Å²) in [4.78, 5) is 15.5. The van der Waals surface area contributed by atoms with E-state index in [0.717, 1.165) is 48.0 Å². The van der Waals surface area contributed by atoms with Crippen molar-refractivity contribution in [1.82, 2.24) is 30.0 Å². The van der Waals surface area contributed by atoms with Crippen LogP contribution in [0.5, 0.6) is 0 Å². The number of amides is 1. The van der Waals surface area contributed by atoms with Crippen LogP contribution in [0.25, 0.3) is 16.3 Å². The molecular formula is C18H22N6OS. The van der Waals surface area contributed by atoms with Crippen LogP contribution in [0.3, 0.4) is 0 Å². The zero-order chi connectivity index (χ0) is 17.9. The third kappa shape index (κ3) is 3.47. The summed E-state index contributed by atoms with van der Waals surface area (Å²) in [5.74, 6) is 0.920. The zero-order valence-corrected chi connectivity index (χ0v) is 15.6. The SMILES string of the molecule is C[C@@H](NCc1ccc2nnc(-c3cccs3)n2n1)C(=O)N1CCCCC1. The van der Waals surface area contributed by atoms with E-state index in [4.69, 9.17) is 0 Å². The van der Waals surface area contributed by atoms with Crippen LogP contribution >= 0.6 is 11.3 Å². The molecule has 0 radical (unpaired) electrons. The number of hydrogen-bond donors (Lipinski definition) is 1. The summed E-state index contributed by atoms with van der Waals surface area (Å²) in [5, 5.41) is 18.4. The molecule has 26 heavy (non-hydrogen) atoms. The van der Waals surface area contributed by atoms with E-state index < -0.39 is 0 Å². The predicted molar refractivity (Wildman–Crippen MR) is 101 cm³/mol. The number of piperidine rings is 1. The van der Waals surface area contributed by atoms with Gasteiger partial charge in [-0.2, -0.15) is 9.61 Å². The van der Waals surface area contributed by atoms with Crippen LogP contribution in [0.1, 0.15) is 31.9 Å². The maximum atomic E-state index is 12.5. The number of carbonyl (C=O) groups is 1. The Morgan fingerprint density at radius 2 is 2.08 bits per heavy atom. The van der Waals surface area contributed by atoms with Gasteiger partial charge in [-0.15, -0.1) is 21.5 Å². The molecule has 136 valence electrons. The Hall–Kier alpha value is -2.32. The van der Waals surface area contributed by atoms with E-state index in [-0.39, 0.29) is 11.9 Å². The molecule has 1 aliphatic rings. The van der Waals surface area contributed by atoms with Gasteiger partial charge < -0.3 is 10.2 Å². The summed E-state index contributed by atoms with van der Waals surface area (Å²) in [7, 11) is 0. The number of nitrogens with zero attached hydrogens (tertiary/aromatic N) is 5. The topological polar surface area (TPSA) is 75.4 Å². The molecule has 4 heterocycles. The van der Waals surface area contributed by atoms with Gasteiger partial charge in [-0.25, -0.2) is 0 Å². The van der Waals surface area contributed by atoms with Crippen molar-refractivity contribution in [1.29, 1.82) is 0 Å². The fourth-order valence-corrected chi connectivity index (χ4v) is 3.91. The third-order valence-corrected chi connectivity index (χ3v) is 5.55. The number of fused-ring (bicyclic) bond motifs is 1. The van der Waals surface area contributed by atoms with Crippen LogP contribution in [0.15, 0.2) is 29.6 Å². The lowest BCUT2D eigenvalue weighted by Gasteiger charge is -2.29. The van der Waals surface area contributed by atoms with E-state index in [9.17, 15) is 4.79 Å². The number of nitrogens with one attached hydrogen (secondary N) is 1. The van der Waals surface area contributed by atoms with Crippen LogP contribution < -0.4 is 5.32 Å². The summed E-state index contributed by atoms with van der Waals surface area (Å²) < 4.78 is 1.76. The van der Waals surface area contributed by atoms with Crippen LogP contribution in [-0.4, -0.2) is 49.7 Å². The smallest absolute Gasteiger partial charge is 0.239 e. The van der Waals surface area contributed by atoms with Crippen molar-refractivity contribution in [3.05, 3.63) is 35.3 Å². The van der Waals surface area contributed by atoms with Gasteiger partial charge in [0.2, 0.25) is 5.91 Å². The monoisotopic (exact) mass is 370 g/mol. The van der Waals surface area contributed by atoms with Crippen LogP contribution in [0.2, 0.25) is 0 Å². The van der Waals surface area contributed by atoms with Gasteiger partial charge in [0, 0.05) is 19.6 Å². The van der Waals surface area contributed by atoms with E-state index in [2.05, 4.69) is 20.6 Å². The molecule has 4 rings (SSSR count). The van der Waals surface area contributed by atoms with Crippen LogP contribution in [0.4, 0.5) is 0 Å². The summed E-state index contributed by atoms with van der Waals surface area (Å²) >= 11 is 1.61. The van der Waals surface area contributed by atoms with Gasteiger partial charge in [0.15, 0.2) is 11.5 Å². The quantitative estimate of drug-likeness (QED) is 0.746. The minimum absolute atomic E-state index is 0.175. The molecule has 0 aliphatic carbocycles. The number of thiophene rings is 1. The van der Waals surface area contributed by atoms with Crippen molar-refractivity contribution in [2.75, 3.05) is 13.1 Å². The van der Waals surface area contributed by atoms with E-state index >= 15 is 0 Å². The number of hydrogen-bond acceptors (Lipinski definition) is 6. The molecule has 1 saturated heterocycles. The lowest BCUT2D eigenvalue weighted by Crippen LogP contribution is -2.46. The number of aromatic nitrogens is 4. The molecule has 1 amide bonds. The lowest BCUT2D eigenvalue weighted by atomic mass is 10.1. The highest BCUT2D eigenvalue weighted by molar-refractivity contribution is 7.13. The summed E-state index contributed by atoms with van der Waals surface area (Å²) in [5.41, 5.74) is 1.57. The predicted octanol–water partition coefficient (Wildman–Crippen LogP) is 2.34. The van der Waals surface area contributed by atoms with E-state index in [1.807, 2.05) is 41.5 Å². The maximum Gasteiger partial charge on any atom is 0.239 e. The zero-order valence-electron chi connectivity index (χ0n) is 14.8. The molecule has 8 heteroatoms. The maximum absolute atomic E-state index is 12.5. The average Bonchev–Trinajstić information content (AvgIpc) is 3.35. The fourth-order valence-electron chi connectivity index (χ4n) is 3.21. The first-order valence-corrected chi connectivity index (χ1v) is 9.88. The second-order valence-corrected chi connectivity index (χ2v) is 7.53. The molecule has 0 spiro atoms. The first kappa shape index (κ1) is 17.1. The van der Waals surface area contributed by atoms with Crippen molar-refractivity contribution in [2.45, 2.75) is 38.8 Å². The summed E-state index contributed by atoms with van der Waals surface area (Å²) in [6.45, 7) is 4.20. The Balaban J connectivity index is 1.45. The van der Waals surface area contributed by atoms with Gasteiger partial charge in [-0.3, -0.25) is 4.79 Å². The molecule has 3 aromatic rings. The highest BCUT2D eigenvalue weighted by Crippen LogP contribution is 2.22. The van der Waals surface area contributed by atoms with Crippen molar-refractivity contribution in [3.8, 4) is 10.7 Å². The van der Waals surface area contributed by atoms with Crippen LogP contribution in [-0.2, 0) is 11.3 Å².